The predicted molar refractivity (Wildman–Crippen MR) is 62.1 cm³/mol. The van der Waals surface area contributed by atoms with Gasteiger partial charge >= 0.3 is 5.97 Å². The highest BCUT2D eigenvalue weighted by Crippen LogP contribution is 2.20. The van der Waals surface area contributed by atoms with Crippen molar-refractivity contribution in [2.45, 2.75) is 13.0 Å². The maximum atomic E-state index is 10.5. The van der Waals surface area contributed by atoms with E-state index in [1.165, 1.54) is 0 Å². The molecule has 0 spiro atoms. The second kappa shape index (κ2) is 4.65. The van der Waals surface area contributed by atoms with Crippen LogP contribution in [0, 0.1) is 0 Å². The van der Waals surface area contributed by atoms with Crippen LogP contribution in [0.15, 0.2) is 30.5 Å². The van der Waals surface area contributed by atoms with Gasteiger partial charge in [-0.3, -0.25) is 4.79 Å². The molecule has 0 aliphatic carbocycles. The molecular weight excluding hydrogens is 220 g/mol. The summed E-state index contributed by atoms with van der Waals surface area (Å²) in [6.45, 7) is 0.291. The highest BCUT2D eigenvalue weighted by Gasteiger charge is 2.08. The number of anilines is 1. The number of benzene rings is 1. The Balaban J connectivity index is 2.27. The van der Waals surface area contributed by atoms with Crippen molar-refractivity contribution in [2.24, 2.45) is 0 Å². The van der Waals surface area contributed by atoms with E-state index in [0.717, 1.165) is 11.3 Å². The van der Waals surface area contributed by atoms with Crippen LogP contribution in [0.3, 0.4) is 0 Å². The number of nitrogens with two attached hydrogens (primary N) is 1. The van der Waals surface area contributed by atoms with E-state index in [9.17, 15) is 4.79 Å². The molecule has 1 heterocycles. The Bertz CT molecular complexity index is 536. The summed E-state index contributed by atoms with van der Waals surface area (Å²) < 4.78 is 1.56. The van der Waals surface area contributed by atoms with Crippen molar-refractivity contribution in [3.63, 3.8) is 0 Å². The number of carboxylic acids is 1. The average Bonchev–Trinajstić information content (AvgIpc) is 2.74. The quantitative estimate of drug-likeness (QED) is 0.767. The largest absolute Gasteiger partial charge is 0.481 e. The summed E-state index contributed by atoms with van der Waals surface area (Å²) in [7, 11) is 0. The van der Waals surface area contributed by atoms with Gasteiger partial charge in [0.2, 0.25) is 0 Å². The smallest absolute Gasteiger partial charge is 0.305 e. The third-order valence-electron chi connectivity index (χ3n) is 2.34. The van der Waals surface area contributed by atoms with Crippen LogP contribution in [0.5, 0.6) is 0 Å². The number of rotatable bonds is 4. The third kappa shape index (κ3) is 2.60. The molecule has 0 aliphatic rings. The molecule has 0 bridgehead atoms. The summed E-state index contributed by atoms with van der Waals surface area (Å²) in [4.78, 5) is 10.5. The van der Waals surface area contributed by atoms with Gasteiger partial charge in [-0.1, -0.05) is 17.3 Å². The number of aryl methyl sites for hydroxylation is 1. The minimum Gasteiger partial charge on any atom is -0.481 e. The molecule has 2 rings (SSSR count). The fourth-order valence-electron chi connectivity index (χ4n) is 1.55. The van der Waals surface area contributed by atoms with Crippen LogP contribution in [0.2, 0.25) is 0 Å². The molecule has 0 unspecified atom stereocenters. The minimum absolute atomic E-state index is 0.0126. The van der Waals surface area contributed by atoms with Gasteiger partial charge in [-0.05, 0) is 12.1 Å². The molecule has 88 valence electrons. The Morgan fingerprint density at radius 2 is 2.29 bits per heavy atom. The van der Waals surface area contributed by atoms with Crippen LogP contribution in [-0.2, 0) is 11.3 Å². The van der Waals surface area contributed by atoms with Gasteiger partial charge in [0.1, 0.15) is 0 Å². The van der Waals surface area contributed by atoms with Gasteiger partial charge in [-0.15, -0.1) is 5.10 Å². The van der Waals surface area contributed by atoms with Crippen molar-refractivity contribution in [3.8, 4) is 11.3 Å². The lowest BCUT2D eigenvalue weighted by atomic mass is 10.1. The zero-order chi connectivity index (χ0) is 12.3. The second-order valence-electron chi connectivity index (χ2n) is 3.61. The maximum Gasteiger partial charge on any atom is 0.305 e. The normalized spacial score (nSPS) is 10.4. The van der Waals surface area contributed by atoms with Gasteiger partial charge in [0, 0.05) is 11.3 Å². The lowest BCUT2D eigenvalue weighted by molar-refractivity contribution is -0.137. The summed E-state index contributed by atoms with van der Waals surface area (Å²) in [6.07, 6.45) is 1.61. The molecule has 3 N–H and O–H groups in total. The SMILES string of the molecule is Nc1cccc(-c2cnnn2CCC(=O)O)c1. The van der Waals surface area contributed by atoms with E-state index in [-0.39, 0.29) is 6.42 Å². The molecule has 0 fully saturated rings. The Hall–Kier alpha value is -2.37. The molecule has 6 nitrogen and oxygen atoms in total. The highest BCUT2D eigenvalue weighted by atomic mass is 16.4. The molecule has 6 heteroatoms. The number of carbonyl (C=O) groups is 1. The standard InChI is InChI=1S/C11H12N4O2/c12-9-3-1-2-8(6-9)10-7-13-14-15(10)5-4-11(16)17/h1-3,6-7H,4-5,12H2,(H,16,17). The van der Waals surface area contributed by atoms with Crippen LogP contribution in [0.25, 0.3) is 11.3 Å². The van der Waals surface area contributed by atoms with Crippen molar-refractivity contribution in [1.82, 2.24) is 15.0 Å². The Labute approximate surface area is 97.7 Å². The van der Waals surface area contributed by atoms with E-state index in [0.29, 0.717) is 12.2 Å². The predicted octanol–water partition coefficient (Wildman–Crippen LogP) is 1.00. The third-order valence-corrected chi connectivity index (χ3v) is 2.34. The van der Waals surface area contributed by atoms with Gasteiger partial charge in [0.15, 0.2) is 0 Å². The van der Waals surface area contributed by atoms with Crippen molar-refractivity contribution < 1.29 is 9.90 Å². The van der Waals surface area contributed by atoms with E-state index in [2.05, 4.69) is 10.3 Å². The monoisotopic (exact) mass is 232 g/mol. The van der Waals surface area contributed by atoms with Gasteiger partial charge in [0.25, 0.3) is 0 Å². The molecule has 0 saturated carbocycles. The molecule has 1 aromatic heterocycles. The number of carboxylic acid groups (broad SMARTS) is 1. The molecule has 2 aromatic rings. The van der Waals surface area contributed by atoms with Gasteiger partial charge < -0.3 is 10.8 Å². The number of aromatic nitrogens is 3. The molecule has 0 amide bonds. The Morgan fingerprint density at radius 1 is 1.47 bits per heavy atom. The van der Waals surface area contributed by atoms with Crippen molar-refractivity contribution in [3.05, 3.63) is 30.5 Å². The Morgan fingerprint density at radius 3 is 3.00 bits per heavy atom. The fourth-order valence-corrected chi connectivity index (χ4v) is 1.55. The topological polar surface area (TPSA) is 94.0 Å². The summed E-state index contributed by atoms with van der Waals surface area (Å²) >= 11 is 0. The maximum absolute atomic E-state index is 10.5. The lowest BCUT2D eigenvalue weighted by Crippen LogP contribution is -2.07. The number of hydrogen-bond donors (Lipinski definition) is 2. The van der Waals surface area contributed by atoms with Crippen LogP contribution in [0.1, 0.15) is 6.42 Å². The molecular formula is C11H12N4O2. The first-order valence-corrected chi connectivity index (χ1v) is 5.13. The van der Waals surface area contributed by atoms with E-state index in [1.54, 1.807) is 23.0 Å². The molecule has 0 radical (unpaired) electrons. The average molecular weight is 232 g/mol. The first-order chi connectivity index (χ1) is 8.16. The molecule has 0 aliphatic heterocycles. The van der Waals surface area contributed by atoms with Gasteiger partial charge in [-0.2, -0.15) is 0 Å². The highest BCUT2D eigenvalue weighted by molar-refractivity contribution is 5.67. The molecule has 0 atom stereocenters. The summed E-state index contributed by atoms with van der Waals surface area (Å²) in [6, 6.07) is 7.30. The second-order valence-corrected chi connectivity index (χ2v) is 3.61. The van der Waals surface area contributed by atoms with E-state index >= 15 is 0 Å². The van der Waals surface area contributed by atoms with E-state index in [1.807, 2.05) is 12.1 Å². The van der Waals surface area contributed by atoms with Crippen LogP contribution >= 0.6 is 0 Å². The molecule has 1 aromatic carbocycles. The molecule has 17 heavy (non-hydrogen) atoms. The first kappa shape index (κ1) is 11.1. The zero-order valence-corrected chi connectivity index (χ0v) is 9.08. The lowest BCUT2D eigenvalue weighted by Gasteiger charge is -2.05. The first-order valence-electron chi connectivity index (χ1n) is 5.13. The van der Waals surface area contributed by atoms with Crippen molar-refractivity contribution >= 4 is 11.7 Å². The van der Waals surface area contributed by atoms with Crippen LogP contribution in [0.4, 0.5) is 5.69 Å². The summed E-state index contributed by atoms with van der Waals surface area (Å²) in [5, 5.41) is 16.3. The summed E-state index contributed by atoms with van der Waals surface area (Å²) in [5.74, 6) is -0.862. The van der Waals surface area contributed by atoms with Crippen LogP contribution < -0.4 is 5.73 Å². The zero-order valence-electron chi connectivity index (χ0n) is 9.08. The minimum atomic E-state index is -0.862. The van der Waals surface area contributed by atoms with E-state index < -0.39 is 5.97 Å². The Kier molecular flexibility index (Phi) is 3.04. The van der Waals surface area contributed by atoms with Gasteiger partial charge in [0.05, 0.1) is 24.9 Å². The molecule has 0 saturated heterocycles. The fraction of sp³-hybridized carbons (Fsp3) is 0.182. The number of hydrogen-bond acceptors (Lipinski definition) is 4. The number of aliphatic carboxylic acids is 1. The summed E-state index contributed by atoms with van der Waals surface area (Å²) in [5.41, 5.74) is 7.98. The van der Waals surface area contributed by atoms with Crippen LogP contribution in [-0.4, -0.2) is 26.1 Å². The van der Waals surface area contributed by atoms with Gasteiger partial charge in [-0.25, -0.2) is 4.68 Å². The van der Waals surface area contributed by atoms with Crippen molar-refractivity contribution in [2.75, 3.05) is 5.73 Å². The van der Waals surface area contributed by atoms with Crippen molar-refractivity contribution in [1.29, 1.82) is 0 Å². The number of nitrogens with zero attached hydrogens (tertiary/aromatic N) is 3. The number of nitrogen functional groups attached to an aromatic ring is 1. The van der Waals surface area contributed by atoms with E-state index in [4.69, 9.17) is 10.8 Å².